The van der Waals surface area contributed by atoms with Crippen molar-refractivity contribution in [3.05, 3.63) is 28.2 Å². The summed E-state index contributed by atoms with van der Waals surface area (Å²) in [6.45, 7) is 2.05. The van der Waals surface area contributed by atoms with E-state index < -0.39 is 5.92 Å². The van der Waals surface area contributed by atoms with Gasteiger partial charge >= 0.3 is 11.9 Å². The lowest BCUT2D eigenvalue weighted by atomic mass is 9.74. The average molecular weight is 395 g/mol. The Morgan fingerprint density at radius 3 is 2.83 bits per heavy atom. The molecule has 0 unspecified atom stereocenters. The van der Waals surface area contributed by atoms with Gasteiger partial charge in [-0.1, -0.05) is 15.9 Å². The number of carbonyl (C=O) groups excluding carboxylic acids is 3. The third kappa shape index (κ3) is 3.38. The smallest absolute Gasteiger partial charge is 0.315 e. The molecule has 1 aromatic carbocycles. The van der Waals surface area contributed by atoms with Gasteiger partial charge in [-0.25, -0.2) is 0 Å². The van der Waals surface area contributed by atoms with E-state index in [1.165, 1.54) is 0 Å². The van der Waals surface area contributed by atoms with Crippen molar-refractivity contribution < 1.29 is 23.9 Å². The van der Waals surface area contributed by atoms with Crippen LogP contribution in [0.5, 0.6) is 5.75 Å². The molecule has 0 saturated heterocycles. The average Bonchev–Trinajstić information content (AvgIpc) is 2.94. The van der Waals surface area contributed by atoms with Crippen LogP contribution in [0, 0.1) is 11.8 Å². The van der Waals surface area contributed by atoms with Crippen molar-refractivity contribution in [3.63, 3.8) is 0 Å². The maximum absolute atomic E-state index is 12.6. The highest BCUT2D eigenvalue weighted by atomic mass is 79.9. The Balaban J connectivity index is 1.97. The molecule has 24 heavy (non-hydrogen) atoms. The minimum Gasteiger partial charge on any atom is -0.466 e. The topological polar surface area (TPSA) is 69.7 Å². The molecule has 0 radical (unpaired) electrons. The van der Waals surface area contributed by atoms with E-state index in [0.29, 0.717) is 31.6 Å². The fourth-order valence-corrected chi connectivity index (χ4v) is 4.12. The Bertz CT molecular complexity index is 684. The molecule has 0 bridgehead atoms. The van der Waals surface area contributed by atoms with Crippen LogP contribution in [0.15, 0.2) is 22.7 Å². The van der Waals surface area contributed by atoms with Gasteiger partial charge in [-0.3, -0.25) is 14.4 Å². The number of ketones is 1. The maximum atomic E-state index is 12.6. The van der Waals surface area contributed by atoms with Crippen LogP contribution in [0.3, 0.4) is 0 Å². The molecule has 0 amide bonds. The summed E-state index contributed by atoms with van der Waals surface area (Å²) in [5, 5.41) is 0. The lowest BCUT2D eigenvalue weighted by molar-refractivity contribution is -0.147. The van der Waals surface area contributed by atoms with Crippen molar-refractivity contribution in [3.8, 4) is 5.75 Å². The predicted molar refractivity (Wildman–Crippen MR) is 89.6 cm³/mol. The van der Waals surface area contributed by atoms with Gasteiger partial charge < -0.3 is 9.47 Å². The number of benzene rings is 1. The molecule has 1 fully saturated rings. The molecule has 6 heteroatoms. The molecular formula is C18H19BrO5. The van der Waals surface area contributed by atoms with Crippen LogP contribution in [-0.4, -0.2) is 24.3 Å². The number of Topliss-reactive ketones (excluding diaryl/α,β-unsaturated/α-hetero) is 1. The molecule has 1 aromatic rings. The number of ether oxygens (including phenoxy) is 2. The zero-order valence-electron chi connectivity index (χ0n) is 13.4. The van der Waals surface area contributed by atoms with E-state index in [9.17, 15) is 14.4 Å². The van der Waals surface area contributed by atoms with Gasteiger partial charge in [0.05, 0.1) is 18.9 Å². The Hall–Kier alpha value is -1.69. The summed E-state index contributed by atoms with van der Waals surface area (Å²) in [6, 6.07) is 5.41. The Kier molecular flexibility index (Phi) is 5.04. The molecule has 0 aromatic heterocycles. The fraction of sp³-hybridized carbons (Fsp3) is 0.500. The number of hydrogen-bond acceptors (Lipinski definition) is 5. The van der Waals surface area contributed by atoms with Crippen LogP contribution in [0.25, 0.3) is 0 Å². The van der Waals surface area contributed by atoms with Gasteiger partial charge in [-0.05, 0) is 37.5 Å². The van der Waals surface area contributed by atoms with Gasteiger partial charge in [-0.15, -0.1) is 0 Å². The highest BCUT2D eigenvalue weighted by Gasteiger charge is 2.45. The number of carbonyl (C=O) groups is 3. The Morgan fingerprint density at radius 2 is 2.17 bits per heavy atom. The van der Waals surface area contributed by atoms with E-state index in [1.54, 1.807) is 19.1 Å². The van der Waals surface area contributed by atoms with E-state index in [2.05, 4.69) is 15.9 Å². The molecular weight excluding hydrogens is 376 g/mol. The summed E-state index contributed by atoms with van der Waals surface area (Å²) in [4.78, 5) is 36.4. The first kappa shape index (κ1) is 17.1. The van der Waals surface area contributed by atoms with Crippen LogP contribution in [-0.2, 0) is 19.1 Å². The first-order valence-corrected chi connectivity index (χ1v) is 8.97. The van der Waals surface area contributed by atoms with E-state index in [-0.39, 0.29) is 36.0 Å². The third-order valence-corrected chi connectivity index (χ3v) is 5.26. The quantitative estimate of drug-likeness (QED) is 0.578. The molecule has 5 nitrogen and oxygen atoms in total. The van der Waals surface area contributed by atoms with Gasteiger partial charge in [0.1, 0.15) is 11.5 Å². The van der Waals surface area contributed by atoms with Crippen LogP contribution in [0.1, 0.15) is 44.1 Å². The SMILES string of the molecule is CCOC(=O)C[C@H]1c2cc(Br)ccc2OC(=O)[C@@H]1[C@H]1CCC(=O)C1. The minimum absolute atomic E-state index is 0.0726. The second-order valence-corrected chi connectivity index (χ2v) is 7.20. The number of halogens is 1. The summed E-state index contributed by atoms with van der Waals surface area (Å²) in [5.41, 5.74) is 0.821. The van der Waals surface area contributed by atoms with Crippen molar-refractivity contribution in [1.29, 1.82) is 0 Å². The summed E-state index contributed by atoms with van der Waals surface area (Å²) >= 11 is 3.43. The lowest BCUT2D eigenvalue weighted by Gasteiger charge is -2.34. The first-order chi connectivity index (χ1) is 11.5. The van der Waals surface area contributed by atoms with Gasteiger partial charge in [0, 0.05) is 28.8 Å². The van der Waals surface area contributed by atoms with Crippen LogP contribution < -0.4 is 4.74 Å². The van der Waals surface area contributed by atoms with Crippen LogP contribution >= 0.6 is 15.9 Å². The molecule has 3 rings (SSSR count). The molecule has 1 saturated carbocycles. The summed E-state index contributed by atoms with van der Waals surface area (Å²) < 4.78 is 11.4. The lowest BCUT2D eigenvalue weighted by Crippen LogP contribution is -2.37. The van der Waals surface area contributed by atoms with Gasteiger partial charge in [0.15, 0.2) is 0 Å². The third-order valence-electron chi connectivity index (χ3n) is 4.77. The molecule has 1 aliphatic carbocycles. The predicted octanol–water partition coefficient (Wildman–Crippen LogP) is 3.39. The number of fused-ring (bicyclic) bond motifs is 1. The molecule has 128 valence electrons. The zero-order valence-corrected chi connectivity index (χ0v) is 15.0. The van der Waals surface area contributed by atoms with E-state index in [4.69, 9.17) is 9.47 Å². The van der Waals surface area contributed by atoms with Crippen molar-refractivity contribution in [2.24, 2.45) is 11.8 Å². The number of rotatable bonds is 4. The Labute approximate surface area is 148 Å². The van der Waals surface area contributed by atoms with Gasteiger partial charge in [-0.2, -0.15) is 0 Å². The maximum Gasteiger partial charge on any atom is 0.315 e. The van der Waals surface area contributed by atoms with Crippen molar-refractivity contribution >= 4 is 33.7 Å². The second kappa shape index (κ2) is 7.05. The minimum atomic E-state index is -0.484. The fourth-order valence-electron chi connectivity index (χ4n) is 3.74. The first-order valence-electron chi connectivity index (χ1n) is 8.18. The molecule has 0 spiro atoms. The van der Waals surface area contributed by atoms with Crippen LogP contribution in [0.2, 0.25) is 0 Å². The van der Waals surface area contributed by atoms with Crippen molar-refractivity contribution in [2.75, 3.05) is 6.61 Å². The molecule has 1 heterocycles. The van der Waals surface area contributed by atoms with E-state index in [0.717, 1.165) is 10.0 Å². The molecule has 2 aliphatic rings. The zero-order chi connectivity index (χ0) is 17.3. The monoisotopic (exact) mass is 394 g/mol. The Morgan fingerprint density at radius 1 is 1.38 bits per heavy atom. The highest BCUT2D eigenvalue weighted by Crippen LogP contribution is 2.47. The van der Waals surface area contributed by atoms with E-state index >= 15 is 0 Å². The molecule has 1 aliphatic heterocycles. The summed E-state index contributed by atoms with van der Waals surface area (Å²) in [5.74, 6) is -0.912. The summed E-state index contributed by atoms with van der Waals surface area (Å²) in [7, 11) is 0. The number of hydrogen-bond donors (Lipinski definition) is 0. The van der Waals surface area contributed by atoms with Crippen molar-refractivity contribution in [1.82, 2.24) is 0 Å². The van der Waals surface area contributed by atoms with Crippen LogP contribution in [0.4, 0.5) is 0 Å². The molecule has 3 atom stereocenters. The largest absolute Gasteiger partial charge is 0.466 e. The molecule has 0 N–H and O–H groups in total. The van der Waals surface area contributed by atoms with Gasteiger partial charge in [0.2, 0.25) is 0 Å². The standard InChI is InChI=1S/C18H19BrO5/c1-2-23-16(21)9-14-13-8-11(19)4-6-15(13)24-18(22)17(14)10-3-5-12(20)7-10/h4,6,8,10,14,17H,2-3,5,7,9H2,1H3/t10-,14-,17+/m0/s1. The van der Waals surface area contributed by atoms with Crippen molar-refractivity contribution in [2.45, 2.75) is 38.5 Å². The number of esters is 2. The second-order valence-electron chi connectivity index (χ2n) is 6.29. The summed E-state index contributed by atoms with van der Waals surface area (Å²) in [6.07, 6.45) is 1.65. The van der Waals surface area contributed by atoms with Gasteiger partial charge in [0.25, 0.3) is 0 Å². The highest BCUT2D eigenvalue weighted by molar-refractivity contribution is 9.10. The van der Waals surface area contributed by atoms with E-state index in [1.807, 2.05) is 6.07 Å². The normalized spacial score (nSPS) is 26.0.